The van der Waals surface area contributed by atoms with E-state index in [1.807, 2.05) is 49.4 Å². The summed E-state index contributed by atoms with van der Waals surface area (Å²) < 4.78 is 1.08. The lowest BCUT2D eigenvalue weighted by Gasteiger charge is -2.29. The van der Waals surface area contributed by atoms with Gasteiger partial charge in [0.2, 0.25) is 0 Å². The number of hydrogen-bond acceptors (Lipinski definition) is 5. The number of carbonyl (C=O) groups is 1. The van der Waals surface area contributed by atoms with Crippen LogP contribution in [0.25, 0.3) is 21.1 Å². The molecule has 5 nitrogen and oxygen atoms in total. The van der Waals surface area contributed by atoms with Crippen LogP contribution in [0, 0.1) is 6.92 Å². The minimum absolute atomic E-state index is 0.102. The Morgan fingerprint density at radius 2 is 2.03 bits per heavy atom. The van der Waals surface area contributed by atoms with Crippen LogP contribution in [0.1, 0.15) is 34.1 Å². The van der Waals surface area contributed by atoms with Crippen LogP contribution in [0.3, 0.4) is 0 Å². The molecule has 29 heavy (non-hydrogen) atoms. The molecule has 0 saturated carbocycles. The lowest BCUT2D eigenvalue weighted by Crippen LogP contribution is -2.33. The van der Waals surface area contributed by atoms with E-state index in [-0.39, 0.29) is 5.91 Å². The second kappa shape index (κ2) is 7.21. The van der Waals surface area contributed by atoms with E-state index >= 15 is 0 Å². The molecule has 2 aromatic carbocycles. The molecule has 2 aromatic heterocycles. The first-order valence-corrected chi connectivity index (χ1v) is 10.8. The van der Waals surface area contributed by atoms with Gasteiger partial charge in [-0.25, -0.2) is 4.98 Å². The van der Waals surface area contributed by atoms with Gasteiger partial charge in [-0.15, -0.1) is 0 Å². The number of thiazole rings is 1. The summed E-state index contributed by atoms with van der Waals surface area (Å²) in [6.07, 6.45) is 0.870. The molecule has 0 atom stereocenters. The van der Waals surface area contributed by atoms with Crippen molar-refractivity contribution >= 4 is 43.5 Å². The van der Waals surface area contributed by atoms with Crippen LogP contribution in [-0.2, 0) is 13.0 Å². The lowest BCUT2D eigenvalue weighted by atomic mass is 9.95. The highest BCUT2D eigenvalue weighted by Crippen LogP contribution is 2.31. The first-order chi connectivity index (χ1) is 14.1. The Hall–Kier alpha value is -2.83. The summed E-state index contributed by atoms with van der Waals surface area (Å²) in [6, 6.07) is 14.0. The van der Waals surface area contributed by atoms with Crippen molar-refractivity contribution in [1.82, 2.24) is 14.9 Å². The molecule has 5 rings (SSSR count). The number of amides is 1. The Morgan fingerprint density at radius 1 is 1.17 bits per heavy atom. The molecule has 0 radical (unpaired) electrons. The molecule has 1 amide bonds. The first-order valence-electron chi connectivity index (χ1n) is 9.94. The highest BCUT2D eigenvalue weighted by atomic mass is 32.1. The summed E-state index contributed by atoms with van der Waals surface area (Å²) in [5, 5.41) is 4.61. The number of para-hydroxylation sites is 2. The number of fused-ring (bicyclic) bond motifs is 3. The maximum Gasteiger partial charge on any atom is 0.258 e. The third-order valence-electron chi connectivity index (χ3n) is 5.64. The Bertz CT molecular complexity index is 1250. The molecule has 0 unspecified atom stereocenters. The molecular weight excluding hydrogens is 380 g/mol. The van der Waals surface area contributed by atoms with Gasteiger partial charge in [0.05, 0.1) is 21.3 Å². The van der Waals surface area contributed by atoms with Gasteiger partial charge in [-0.2, -0.15) is 0 Å². The number of aryl methyl sites for hydroxylation is 1. The number of nitrogens with one attached hydrogen (secondary N) is 1. The van der Waals surface area contributed by atoms with Crippen LogP contribution in [0.4, 0.5) is 5.13 Å². The van der Waals surface area contributed by atoms with Crippen molar-refractivity contribution in [1.29, 1.82) is 0 Å². The van der Waals surface area contributed by atoms with Gasteiger partial charge in [-0.05, 0) is 31.2 Å². The lowest BCUT2D eigenvalue weighted by molar-refractivity contribution is 0.102. The Kier molecular flexibility index (Phi) is 4.53. The molecule has 0 saturated heterocycles. The third kappa shape index (κ3) is 3.18. The molecule has 0 fully saturated rings. The van der Waals surface area contributed by atoms with E-state index in [4.69, 9.17) is 4.98 Å². The summed E-state index contributed by atoms with van der Waals surface area (Å²) in [5.41, 5.74) is 5.77. The van der Waals surface area contributed by atoms with Crippen LogP contribution >= 0.6 is 11.3 Å². The average molecular weight is 403 g/mol. The van der Waals surface area contributed by atoms with Crippen molar-refractivity contribution in [3.05, 3.63) is 64.8 Å². The van der Waals surface area contributed by atoms with Crippen molar-refractivity contribution < 1.29 is 4.79 Å². The van der Waals surface area contributed by atoms with Gasteiger partial charge in [0.25, 0.3) is 5.91 Å². The molecule has 0 aliphatic carbocycles. The van der Waals surface area contributed by atoms with E-state index in [9.17, 15) is 4.79 Å². The smallest absolute Gasteiger partial charge is 0.258 e. The predicted octanol–water partition coefficient (Wildman–Crippen LogP) is 4.78. The number of carbonyl (C=O) groups excluding carboxylic acids is 1. The molecule has 3 heterocycles. The summed E-state index contributed by atoms with van der Waals surface area (Å²) in [7, 11) is 0. The second-order valence-electron chi connectivity index (χ2n) is 7.44. The predicted molar refractivity (Wildman–Crippen MR) is 119 cm³/mol. The van der Waals surface area contributed by atoms with Crippen molar-refractivity contribution in [3.63, 3.8) is 0 Å². The summed E-state index contributed by atoms with van der Waals surface area (Å²) in [5.74, 6) is -0.102. The number of nitrogens with zero attached hydrogens (tertiary/aromatic N) is 3. The van der Waals surface area contributed by atoms with Crippen molar-refractivity contribution in [2.24, 2.45) is 0 Å². The zero-order valence-corrected chi connectivity index (χ0v) is 17.3. The van der Waals surface area contributed by atoms with Crippen molar-refractivity contribution in [2.75, 3.05) is 18.4 Å². The maximum absolute atomic E-state index is 13.5. The van der Waals surface area contributed by atoms with E-state index in [1.54, 1.807) is 0 Å². The molecule has 1 aliphatic rings. The number of aromatic nitrogens is 2. The number of likely N-dealkylation sites (N-methyl/N-ethyl adjacent to an activating group) is 1. The zero-order valence-electron chi connectivity index (χ0n) is 16.5. The molecule has 4 aromatic rings. The number of hydrogen-bond donors (Lipinski definition) is 1. The summed E-state index contributed by atoms with van der Waals surface area (Å²) >= 11 is 1.51. The third-order valence-corrected chi connectivity index (χ3v) is 6.58. The zero-order chi connectivity index (χ0) is 20.0. The number of anilines is 1. The fourth-order valence-electron chi connectivity index (χ4n) is 4.07. The SMILES string of the molecule is CCN1CCc2nc3ccccc3c(C(=O)Nc3nc4c(C)cccc4s3)c2C1. The van der Waals surface area contributed by atoms with Crippen LogP contribution in [0.15, 0.2) is 42.5 Å². The van der Waals surface area contributed by atoms with Gasteiger partial charge in [0.15, 0.2) is 5.13 Å². The summed E-state index contributed by atoms with van der Waals surface area (Å²) in [4.78, 5) is 25.3. The average Bonchev–Trinajstić information content (AvgIpc) is 3.15. The number of benzene rings is 2. The van der Waals surface area contributed by atoms with Crippen molar-refractivity contribution in [2.45, 2.75) is 26.8 Å². The number of pyridine rings is 1. The largest absolute Gasteiger partial charge is 0.299 e. The first kappa shape index (κ1) is 18.2. The second-order valence-corrected chi connectivity index (χ2v) is 8.47. The molecule has 6 heteroatoms. The monoisotopic (exact) mass is 402 g/mol. The molecule has 1 aliphatic heterocycles. The van der Waals surface area contributed by atoms with Gasteiger partial charge >= 0.3 is 0 Å². The minimum atomic E-state index is -0.102. The fourth-order valence-corrected chi connectivity index (χ4v) is 5.01. The van der Waals surface area contributed by atoms with Crippen LogP contribution in [0.5, 0.6) is 0 Å². The van der Waals surface area contributed by atoms with E-state index in [0.717, 1.165) is 69.6 Å². The molecule has 0 bridgehead atoms. The van der Waals surface area contributed by atoms with Crippen LogP contribution < -0.4 is 5.32 Å². The van der Waals surface area contributed by atoms with Gasteiger partial charge < -0.3 is 0 Å². The van der Waals surface area contributed by atoms with Gasteiger partial charge in [0.1, 0.15) is 0 Å². The fraction of sp³-hybridized carbons (Fsp3) is 0.261. The van der Waals surface area contributed by atoms with Crippen LogP contribution in [0.2, 0.25) is 0 Å². The highest BCUT2D eigenvalue weighted by Gasteiger charge is 2.25. The van der Waals surface area contributed by atoms with E-state index in [0.29, 0.717) is 5.13 Å². The minimum Gasteiger partial charge on any atom is -0.299 e. The van der Waals surface area contributed by atoms with E-state index in [1.165, 1.54) is 11.3 Å². The maximum atomic E-state index is 13.5. The molecular formula is C23H22N4OS. The Labute approximate surface area is 173 Å². The van der Waals surface area contributed by atoms with E-state index < -0.39 is 0 Å². The normalized spacial score (nSPS) is 14.3. The quantitative estimate of drug-likeness (QED) is 0.536. The molecule has 0 spiro atoms. The van der Waals surface area contributed by atoms with E-state index in [2.05, 4.69) is 22.1 Å². The topological polar surface area (TPSA) is 58.1 Å². The number of rotatable bonds is 3. The molecule has 146 valence electrons. The molecule has 1 N–H and O–H groups in total. The Balaban J connectivity index is 1.61. The van der Waals surface area contributed by atoms with Gasteiger partial charge in [-0.1, -0.05) is 48.6 Å². The van der Waals surface area contributed by atoms with Gasteiger partial charge in [0, 0.05) is 36.2 Å². The van der Waals surface area contributed by atoms with Crippen molar-refractivity contribution in [3.8, 4) is 0 Å². The Morgan fingerprint density at radius 3 is 2.86 bits per heavy atom. The standard InChI is InChI=1S/C23H22N4OS/c1-3-27-12-11-18-16(13-27)20(15-8-4-5-9-17(15)24-18)22(28)26-23-25-21-14(2)7-6-10-19(21)29-23/h4-10H,3,11-13H2,1-2H3,(H,25,26,28). The van der Waals surface area contributed by atoms with Gasteiger partial charge in [-0.3, -0.25) is 20.0 Å². The van der Waals surface area contributed by atoms with Crippen LogP contribution in [-0.4, -0.2) is 33.9 Å². The summed E-state index contributed by atoms with van der Waals surface area (Å²) in [6.45, 7) is 6.89. The highest BCUT2D eigenvalue weighted by molar-refractivity contribution is 7.22.